The van der Waals surface area contributed by atoms with Crippen LogP contribution in [0, 0.1) is 0 Å². The molecule has 0 unspecified atom stereocenters. The lowest BCUT2D eigenvalue weighted by Gasteiger charge is -2.09. The highest BCUT2D eigenvalue weighted by Crippen LogP contribution is 2.25. The number of thiophene rings is 1. The Kier molecular flexibility index (Phi) is 5.20. The second-order valence-corrected chi connectivity index (χ2v) is 7.99. The average Bonchev–Trinajstić information content (AvgIpc) is 3.48. The lowest BCUT2D eigenvalue weighted by atomic mass is 10.1. The van der Waals surface area contributed by atoms with Crippen LogP contribution in [-0.2, 0) is 13.1 Å². The van der Waals surface area contributed by atoms with Gasteiger partial charge in [-0.2, -0.15) is 5.10 Å². The summed E-state index contributed by atoms with van der Waals surface area (Å²) in [6.45, 7) is 0.990. The van der Waals surface area contributed by atoms with Gasteiger partial charge >= 0.3 is 0 Å². The molecular formula is C23H18N6OS. The number of nitrogens with one attached hydrogen (secondary N) is 1. The fourth-order valence-electron chi connectivity index (χ4n) is 3.35. The van der Waals surface area contributed by atoms with E-state index in [4.69, 9.17) is 4.98 Å². The molecule has 0 aliphatic rings. The van der Waals surface area contributed by atoms with Crippen LogP contribution in [0.1, 0.15) is 20.8 Å². The van der Waals surface area contributed by atoms with Crippen LogP contribution in [0.25, 0.3) is 22.3 Å². The minimum atomic E-state index is -0.160. The van der Waals surface area contributed by atoms with Gasteiger partial charge in [-0.25, -0.2) is 9.67 Å². The van der Waals surface area contributed by atoms with E-state index in [1.54, 1.807) is 53.1 Å². The summed E-state index contributed by atoms with van der Waals surface area (Å²) in [5.74, 6) is -0.160. The van der Waals surface area contributed by atoms with Gasteiger partial charge in [-0.1, -0.05) is 12.1 Å². The molecule has 0 bridgehead atoms. The van der Waals surface area contributed by atoms with Gasteiger partial charge in [-0.05, 0) is 41.3 Å². The van der Waals surface area contributed by atoms with E-state index >= 15 is 0 Å². The molecule has 0 aliphatic carbocycles. The molecule has 5 heterocycles. The number of rotatable bonds is 6. The smallest absolute Gasteiger partial charge is 0.252 e. The van der Waals surface area contributed by atoms with Gasteiger partial charge in [0.25, 0.3) is 5.91 Å². The Labute approximate surface area is 182 Å². The van der Waals surface area contributed by atoms with E-state index in [1.807, 2.05) is 41.8 Å². The molecule has 31 heavy (non-hydrogen) atoms. The molecule has 0 atom stereocenters. The topological polar surface area (TPSA) is 85.6 Å². The zero-order chi connectivity index (χ0) is 21.0. The van der Waals surface area contributed by atoms with Gasteiger partial charge in [-0.15, -0.1) is 11.3 Å². The van der Waals surface area contributed by atoms with Gasteiger partial charge in [0.2, 0.25) is 0 Å². The zero-order valence-electron chi connectivity index (χ0n) is 16.5. The van der Waals surface area contributed by atoms with Crippen LogP contribution in [0.4, 0.5) is 0 Å². The number of pyridine rings is 3. The summed E-state index contributed by atoms with van der Waals surface area (Å²) in [6.07, 6.45) is 8.69. The van der Waals surface area contributed by atoms with Gasteiger partial charge < -0.3 is 5.32 Å². The number of nitrogens with zero attached hydrogens (tertiary/aromatic N) is 5. The van der Waals surface area contributed by atoms with E-state index in [-0.39, 0.29) is 5.91 Å². The third kappa shape index (κ3) is 4.06. The van der Waals surface area contributed by atoms with Gasteiger partial charge in [0, 0.05) is 35.2 Å². The quantitative estimate of drug-likeness (QED) is 0.445. The van der Waals surface area contributed by atoms with E-state index in [9.17, 15) is 4.79 Å². The third-order valence-corrected chi connectivity index (χ3v) is 5.75. The summed E-state index contributed by atoms with van der Waals surface area (Å²) in [5, 5.41) is 10.2. The van der Waals surface area contributed by atoms with Crippen molar-refractivity contribution in [3.63, 3.8) is 0 Å². The van der Waals surface area contributed by atoms with Crippen molar-refractivity contribution in [3.05, 3.63) is 94.8 Å². The Balaban J connectivity index is 1.57. The largest absolute Gasteiger partial charge is 0.347 e. The molecule has 0 aromatic carbocycles. The van der Waals surface area contributed by atoms with Crippen molar-refractivity contribution < 1.29 is 4.79 Å². The fourth-order valence-corrected chi connectivity index (χ4v) is 4.00. The first-order valence-corrected chi connectivity index (χ1v) is 10.6. The van der Waals surface area contributed by atoms with Crippen LogP contribution in [0.3, 0.4) is 0 Å². The summed E-state index contributed by atoms with van der Waals surface area (Å²) >= 11 is 1.61. The fraction of sp³-hybridized carbons (Fsp3) is 0.0870. The molecule has 1 N–H and O–H groups in total. The third-order valence-electron chi connectivity index (χ3n) is 4.87. The molecule has 0 spiro atoms. The number of amides is 1. The molecule has 5 aromatic rings. The van der Waals surface area contributed by atoms with E-state index in [1.165, 1.54) is 0 Å². The van der Waals surface area contributed by atoms with Gasteiger partial charge in [0.15, 0.2) is 5.65 Å². The molecule has 1 amide bonds. The number of hydrogen-bond donors (Lipinski definition) is 1. The minimum Gasteiger partial charge on any atom is -0.347 e. The lowest BCUT2D eigenvalue weighted by Crippen LogP contribution is -2.22. The highest BCUT2D eigenvalue weighted by Gasteiger charge is 2.18. The standard InChI is InChI=1S/C23H18N6OS/c30-23(26-13-18-6-3-9-31-18)19-10-21(17-5-2-8-25-12-17)28-22-20(19)14-27-29(22)15-16-4-1-7-24-11-16/h1-12,14H,13,15H2,(H,26,30). The van der Waals surface area contributed by atoms with Crippen molar-refractivity contribution in [1.29, 1.82) is 0 Å². The lowest BCUT2D eigenvalue weighted by molar-refractivity contribution is 0.0953. The molecule has 8 heteroatoms. The highest BCUT2D eigenvalue weighted by molar-refractivity contribution is 7.09. The van der Waals surface area contributed by atoms with Crippen LogP contribution in [0.5, 0.6) is 0 Å². The molecule has 0 saturated carbocycles. The molecule has 5 rings (SSSR count). The van der Waals surface area contributed by atoms with Crippen LogP contribution < -0.4 is 5.32 Å². The molecule has 152 valence electrons. The summed E-state index contributed by atoms with van der Waals surface area (Å²) in [5.41, 5.74) is 3.70. The second-order valence-electron chi connectivity index (χ2n) is 6.96. The van der Waals surface area contributed by atoms with Crippen LogP contribution in [-0.4, -0.2) is 30.6 Å². The maximum Gasteiger partial charge on any atom is 0.252 e. The van der Waals surface area contributed by atoms with Gasteiger partial charge in [-0.3, -0.25) is 14.8 Å². The second kappa shape index (κ2) is 8.45. The monoisotopic (exact) mass is 426 g/mol. The van der Waals surface area contributed by atoms with E-state index in [0.717, 1.165) is 16.0 Å². The maximum absolute atomic E-state index is 13.1. The number of hydrogen-bond acceptors (Lipinski definition) is 6. The molecule has 0 radical (unpaired) electrons. The Morgan fingerprint density at radius 2 is 1.90 bits per heavy atom. The van der Waals surface area contributed by atoms with Crippen molar-refractivity contribution in [2.45, 2.75) is 13.1 Å². The molecule has 0 saturated heterocycles. The van der Waals surface area contributed by atoms with Gasteiger partial charge in [0.1, 0.15) is 0 Å². The summed E-state index contributed by atoms with van der Waals surface area (Å²) < 4.78 is 1.79. The molecule has 5 aromatic heterocycles. The van der Waals surface area contributed by atoms with Crippen molar-refractivity contribution in [2.75, 3.05) is 0 Å². The first-order valence-electron chi connectivity index (χ1n) is 9.74. The van der Waals surface area contributed by atoms with Crippen LogP contribution in [0.15, 0.2) is 78.8 Å². The Morgan fingerprint density at radius 3 is 2.65 bits per heavy atom. The van der Waals surface area contributed by atoms with E-state index in [2.05, 4.69) is 20.4 Å². The van der Waals surface area contributed by atoms with Crippen molar-refractivity contribution in [3.8, 4) is 11.3 Å². The van der Waals surface area contributed by atoms with Gasteiger partial charge in [0.05, 0.1) is 35.9 Å². The molecule has 0 fully saturated rings. The first kappa shape index (κ1) is 19.1. The Hall–Kier alpha value is -3.91. The average molecular weight is 427 g/mol. The summed E-state index contributed by atoms with van der Waals surface area (Å²) in [4.78, 5) is 27.4. The predicted octanol–water partition coefficient (Wildman–Crippen LogP) is 3.93. The zero-order valence-corrected chi connectivity index (χ0v) is 17.3. The number of aromatic nitrogens is 5. The number of fused-ring (bicyclic) bond motifs is 1. The number of carbonyl (C=O) groups excluding carboxylic acids is 1. The highest BCUT2D eigenvalue weighted by atomic mass is 32.1. The van der Waals surface area contributed by atoms with E-state index in [0.29, 0.717) is 35.4 Å². The SMILES string of the molecule is O=C(NCc1cccs1)c1cc(-c2cccnc2)nc2c1cnn2Cc1cccnc1. The maximum atomic E-state index is 13.1. The predicted molar refractivity (Wildman–Crippen MR) is 120 cm³/mol. The van der Waals surface area contributed by atoms with E-state index < -0.39 is 0 Å². The Bertz CT molecular complexity index is 1320. The molecule has 7 nitrogen and oxygen atoms in total. The molecule has 0 aliphatic heterocycles. The number of carbonyl (C=O) groups is 1. The minimum absolute atomic E-state index is 0.160. The van der Waals surface area contributed by atoms with Crippen molar-refractivity contribution >= 4 is 28.3 Å². The van der Waals surface area contributed by atoms with Crippen LogP contribution >= 0.6 is 11.3 Å². The van der Waals surface area contributed by atoms with Crippen molar-refractivity contribution in [2.24, 2.45) is 0 Å². The summed E-state index contributed by atoms with van der Waals surface area (Å²) in [6, 6.07) is 13.4. The normalized spacial score (nSPS) is 11.0. The molecular weight excluding hydrogens is 408 g/mol. The first-order chi connectivity index (χ1) is 15.3. The Morgan fingerprint density at radius 1 is 1.03 bits per heavy atom. The van der Waals surface area contributed by atoms with Crippen molar-refractivity contribution in [1.82, 2.24) is 30.0 Å². The van der Waals surface area contributed by atoms with Crippen LogP contribution in [0.2, 0.25) is 0 Å². The summed E-state index contributed by atoms with van der Waals surface area (Å²) in [7, 11) is 0.